The van der Waals surface area contributed by atoms with Crippen LogP contribution in [0, 0.1) is 5.92 Å². The maximum atomic E-state index is 12.7. The number of rotatable bonds is 4. The van der Waals surface area contributed by atoms with Crippen LogP contribution in [0.2, 0.25) is 5.02 Å². The summed E-state index contributed by atoms with van der Waals surface area (Å²) in [6.45, 7) is 1.96. The highest BCUT2D eigenvalue weighted by atomic mass is 35.5. The maximum Gasteiger partial charge on any atom is 0.330 e. The van der Waals surface area contributed by atoms with Gasteiger partial charge < -0.3 is 10.1 Å². The fourth-order valence-corrected chi connectivity index (χ4v) is 3.63. The largest absolute Gasteiger partial charge is 0.381 e. The van der Waals surface area contributed by atoms with Crippen LogP contribution in [0.4, 0.5) is 11.6 Å². The van der Waals surface area contributed by atoms with Crippen LogP contribution in [0.3, 0.4) is 0 Å². The zero-order chi connectivity index (χ0) is 19.3. The molecule has 5 rings (SSSR count). The monoisotopic (exact) mass is 400 g/mol. The molecule has 0 aliphatic carbocycles. The zero-order valence-corrected chi connectivity index (χ0v) is 15.8. The van der Waals surface area contributed by atoms with Gasteiger partial charge in [-0.05, 0) is 6.42 Å². The molecule has 144 valence electrons. The fraction of sp³-hybridized carbons (Fsp3) is 0.353. The number of ether oxygens (including phenoxy) is 1. The molecule has 1 unspecified atom stereocenters. The average Bonchev–Trinajstić information content (AvgIpc) is 3.40. The van der Waals surface area contributed by atoms with Crippen molar-refractivity contribution >= 4 is 40.0 Å². The van der Waals surface area contributed by atoms with Crippen LogP contribution in [0.5, 0.6) is 0 Å². The topological polar surface area (TPSA) is 104 Å². The Morgan fingerprint density at radius 2 is 2.29 bits per heavy atom. The van der Waals surface area contributed by atoms with Gasteiger partial charge in [0, 0.05) is 32.2 Å². The molecule has 0 saturated carbocycles. The van der Waals surface area contributed by atoms with E-state index in [2.05, 4.69) is 25.4 Å². The second-order valence-electron chi connectivity index (χ2n) is 6.81. The maximum absolute atomic E-state index is 12.7. The van der Waals surface area contributed by atoms with Gasteiger partial charge in [0.2, 0.25) is 5.95 Å². The van der Waals surface area contributed by atoms with Gasteiger partial charge in [-0.3, -0.25) is 9.13 Å². The average molecular weight is 401 g/mol. The molecule has 1 atom stereocenters. The number of aryl methyl sites for hydroxylation is 1. The lowest BCUT2D eigenvalue weighted by molar-refractivity contribution is 0.182. The van der Waals surface area contributed by atoms with Gasteiger partial charge in [0.15, 0.2) is 11.3 Å². The van der Waals surface area contributed by atoms with E-state index in [0.717, 1.165) is 13.0 Å². The molecule has 0 aromatic carbocycles. The third-order valence-electron chi connectivity index (χ3n) is 4.96. The summed E-state index contributed by atoms with van der Waals surface area (Å²) < 4.78 is 10.3. The van der Waals surface area contributed by atoms with Gasteiger partial charge in [0.1, 0.15) is 11.8 Å². The molecule has 10 nitrogen and oxygen atoms in total. The molecule has 1 N–H and O–H groups in total. The number of aromatic nitrogens is 7. The van der Waals surface area contributed by atoms with Crippen LogP contribution >= 0.6 is 11.6 Å². The van der Waals surface area contributed by atoms with Crippen molar-refractivity contribution in [2.75, 3.05) is 18.5 Å². The minimum Gasteiger partial charge on any atom is -0.381 e. The number of hydrogen-bond acceptors (Lipinski definition) is 7. The Balaban J connectivity index is 1.54. The summed E-state index contributed by atoms with van der Waals surface area (Å²) in [7, 11) is 1.72. The second-order valence-corrected chi connectivity index (χ2v) is 7.21. The number of halogens is 1. The lowest BCUT2D eigenvalue weighted by atomic mass is 10.1. The van der Waals surface area contributed by atoms with E-state index < -0.39 is 0 Å². The summed E-state index contributed by atoms with van der Waals surface area (Å²) in [5, 5.41) is 7.68. The van der Waals surface area contributed by atoms with Crippen LogP contribution in [-0.2, 0) is 18.3 Å². The summed E-state index contributed by atoms with van der Waals surface area (Å²) in [5.41, 5.74) is 2.37. The molecule has 1 aliphatic heterocycles. The zero-order valence-electron chi connectivity index (χ0n) is 15.0. The number of pyridine rings is 1. The molecule has 4 aromatic heterocycles. The highest BCUT2D eigenvalue weighted by molar-refractivity contribution is 6.33. The molecule has 0 amide bonds. The van der Waals surface area contributed by atoms with Gasteiger partial charge in [-0.2, -0.15) is 10.1 Å². The molecule has 28 heavy (non-hydrogen) atoms. The Hall–Kier alpha value is -2.98. The molecule has 4 aromatic rings. The number of fused-ring (bicyclic) bond motifs is 2. The molecule has 1 saturated heterocycles. The standard InChI is InChI=1S/C17H17ClN8O2/c1-24-13-5-19-16(22-12-7-26-14(4-11(12)18)20-9-21-26)23-15(13)25(17(24)27)6-10-2-3-28-8-10/h4-5,7,9-10H,2-3,6,8H2,1H3,(H,19,22,23). The number of nitrogens with zero attached hydrogens (tertiary/aromatic N) is 7. The SMILES string of the molecule is Cn1c(=O)n(CC2CCOC2)c2nc(Nc3cn4ncnc4cc3Cl)ncc21. The predicted octanol–water partition coefficient (Wildman–Crippen LogP) is 1.61. The second kappa shape index (κ2) is 6.57. The predicted molar refractivity (Wildman–Crippen MR) is 103 cm³/mol. The van der Waals surface area contributed by atoms with Crippen molar-refractivity contribution in [2.24, 2.45) is 13.0 Å². The van der Waals surface area contributed by atoms with Gasteiger partial charge in [-0.15, -0.1) is 0 Å². The summed E-state index contributed by atoms with van der Waals surface area (Å²) >= 11 is 6.33. The Kier molecular flexibility index (Phi) is 4.02. The minimum atomic E-state index is -0.115. The number of imidazole rings is 1. The van der Waals surface area contributed by atoms with Crippen molar-refractivity contribution in [3.05, 3.63) is 40.3 Å². The third-order valence-corrected chi connectivity index (χ3v) is 5.27. The Morgan fingerprint density at radius 3 is 3.11 bits per heavy atom. The smallest absolute Gasteiger partial charge is 0.330 e. The molecule has 0 spiro atoms. The van der Waals surface area contributed by atoms with E-state index in [1.807, 2.05) is 0 Å². The fourth-order valence-electron chi connectivity index (χ4n) is 3.44. The van der Waals surface area contributed by atoms with Gasteiger partial charge >= 0.3 is 5.69 Å². The summed E-state index contributed by atoms with van der Waals surface area (Å²) in [6, 6.07) is 1.70. The quantitative estimate of drug-likeness (QED) is 0.554. The van der Waals surface area contributed by atoms with Gasteiger partial charge in [-0.25, -0.2) is 19.3 Å². The summed E-state index contributed by atoms with van der Waals surface area (Å²) in [5.74, 6) is 0.648. The summed E-state index contributed by atoms with van der Waals surface area (Å²) in [4.78, 5) is 25.7. The molecule has 11 heteroatoms. The Bertz CT molecular complexity index is 1240. The van der Waals surface area contributed by atoms with Gasteiger partial charge in [0.05, 0.1) is 29.7 Å². The summed E-state index contributed by atoms with van der Waals surface area (Å²) in [6.07, 6.45) is 5.74. The number of hydrogen-bond donors (Lipinski definition) is 1. The van der Waals surface area contributed by atoms with E-state index in [4.69, 9.17) is 16.3 Å². The lowest BCUT2D eigenvalue weighted by Gasteiger charge is -2.10. The lowest BCUT2D eigenvalue weighted by Crippen LogP contribution is -2.25. The van der Waals surface area contributed by atoms with E-state index >= 15 is 0 Å². The molecule has 1 aliphatic rings. The van der Waals surface area contributed by atoms with Gasteiger partial charge in [0.25, 0.3) is 0 Å². The highest BCUT2D eigenvalue weighted by Crippen LogP contribution is 2.25. The Morgan fingerprint density at radius 1 is 1.39 bits per heavy atom. The van der Waals surface area contributed by atoms with Crippen molar-refractivity contribution in [1.29, 1.82) is 0 Å². The minimum absolute atomic E-state index is 0.115. The first-order chi connectivity index (χ1) is 13.6. The molecule has 5 heterocycles. The first-order valence-corrected chi connectivity index (χ1v) is 9.24. The van der Waals surface area contributed by atoms with E-state index in [0.29, 0.717) is 52.5 Å². The van der Waals surface area contributed by atoms with E-state index in [9.17, 15) is 4.79 Å². The van der Waals surface area contributed by atoms with Crippen molar-refractivity contribution in [3.8, 4) is 0 Å². The van der Waals surface area contributed by atoms with Crippen LogP contribution in [0.25, 0.3) is 16.8 Å². The molecule has 0 radical (unpaired) electrons. The van der Waals surface area contributed by atoms with Crippen molar-refractivity contribution in [2.45, 2.75) is 13.0 Å². The van der Waals surface area contributed by atoms with Crippen LogP contribution in [-0.4, -0.2) is 46.9 Å². The van der Waals surface area contributed by atoms with E-state index in [-0.39, 0.29) is 5.69 Å². The van der Waals surface area contributed by atoms with E-state index in [1.54, 1.807) is 39.2 Å². The van der Waals surface area contributed by atoms with E-state index in [1.165, 1.54) is 6.33 Å². The van der Waals surface area contributed by atoms with Crippen LogP contribution in [0.1, 0.15) is 6.42 Å². The van der Waals surface area contributed by atoms with Crippen molar-refractivity contribution in [3.63, 3.8) is 0 Å². The molecule has 0 bridgehead atoms. The van der Waals surface area contributed by atoms with Crippen LogP contribution in [0.15, 0.2) is 29.6 Å². The Labute approximate surface area is 163 Å². The van der Waals surface area contributed by atoms with Gasteiger partial charge in [-0.1, -0.05) is 11.6 Å². The highest BCUT2D eigenvalue weighted by Gasteiger charge is 2.21. The van der Waals surface area contributed by atoms with Crippen molar-refractivity contribution < 1.29 is 4.74 Å². The number of nitrogens with one attached hydrogen (secondary N) is 1. The first kappa shape index (κ1) is 17.1. The third kappa shape index (κ3) is 2.81. The molecular formula is C17H17ClN8O2. The van der Waals surface area contributed by atoms with Crippen LogP contribution < -0.4 is 11.0 Å². The first-order valence-electron chi connectivity index (χ1n) is 8.86. The molecule has 1 fully saturated rings. The number of anilines is 2. The normalized spacial score (nSPS) is 17.0. The molecular weight excluding hydrogens is 384 g/mol. The van der Waals surface area contributed by atoms with Crippen molar-refractivity contribution in [1.82, 2.24) is 33.7 Å².